The largest absolute Gasteiger partial charge is 0.497 e. The molecule has 2 heterocycles. The molecule has 2 aromatic carbocycles. The van der Waals surface area contributed by atoms with Gasteiger partial charge in [-0.05, 0) is 67.6 Å². The van der Waals surface area contributed by atoms with E-state index >= 15 is 0 Å². The Labute approximate surface area is 178 Å². The van der Waals surface area contributed by atoms with Crippen LogP contribution in [0, 0.1) is 0 Å². The smallest absolute Gasteiger partial charge is 0.185 e. The van der Waals surface area contributed by atoms with E-state index in [0.29, 0.717) is 23.6 Å². The number of rotatable bonds is 8. The molecule has 8 heteroatoms. The summed E-state index contributed by atoms with van der Waals surface area (Å²) in [5.41, 5.74) is 2.17. The molecule has 4 rings (SSSR count). The molecule has 0 saturated heterocycles. The van der Waals surface area contributed by atoms with Crippen molar-refractivity contribution in [1.82, 2.24) is 19.8 Å². The van der Waals surface area contributed by atoms with Crippen LogP contribution in [0.3, 0.4) is 0 Å². The van der Waals surface area contributed by atoms with Crippen molar-refractivity contribution in [3.63, 3.8) is 0 Å². The van der Waals surface area contributed by atoms with Gasteiger partial charge in [-0.1, -0.05) is 11.8 Å². The molecule has 0 N–H and O–H groups in total. The molecule has 0 bridgehead atoms. The van der Waals surface area contributed by atoms with Gasteiger partial charge < -0.3 is 9.47 Å². The summed E-state index contributed by atoms with van der Waals surface area (Å²) in [6, 6.07) is 18.4. The lowest BCUT2D eigenvalue weighted by molar-refractivity contribution is 0.102. The number of fused-ring (bicyclic) bond motifs is 1. The molecule has 0 unspecified atom stereocenters. The van der Waals surface area contributed by atoms with Crippen LogP contribution in [0.1, 0.15) is 17.3 Å². The van der Waals surface area contributed by atoms with Crippen LogP contribution in [-0.4, -0.2) is 45.1 Å². The first-order chi connectivity index (χ1) is 14.7. The zero-order valence-corrected chi connectivity index (χ0v) is 17.4. The number of nitrogens with zero attached hydrogens (tertiary/aromatic N) is 4. The maximum absolute atomic E-state index is 12.5. The summed E-state index contributed by atoms with van der Waals surface area (Å²) in [5, 5.41) is 13.8. The zero-order chi connectivity index (χ0) is 20.9. The Morgan fingerprint density at radius 1 is 0.967 bits per heavy atom. The average Bonchev–Trinajstić information content (AvgIpc) is 3.21. The van der Waals surface area contributed by atoms with Crippen molar-refractivity contribution in [2.45, 2.75) is 11.9 Å². The Bertz CT molecular complexity index is 1160. The van der Waals surface area contributed by atoms with Crippen molar-refractivity contribution < 1.29 is 14.3 Å². The van der Waals surface area contributed by atoms with Crippen molar-refractivity contribution in [3.05, 3.63) is 66.2 Å². The van der Waals surface area contributed by atoms with E-state index in [1.807, 2.05) is 43.3 Å². The Kier molecular flexibility index (Phi) is 5.94. The number of benzene rings is 2. The molecule has 0 atom stereocenters. The highest BCUT2D eigenvalue weighted by atomic mass is 32.2. The zero-order valence-electron chi connectivity index (χ0n) is 16.6. The number of methoxy groups -OCH3 is 1. The van der Waals surface area contributed by atoms with Gasteiger partial charge in [-0.3, -0.25) is 4.79 Å². The van der Waals surface area contributed by atoms with Crippen molar-refractivity contribution in [3.8, 4) is 22.9 Å². The Morgan fingerprint density at radius 3 is 2.40 bits per heavy atom. The number of carbonyl (C=O) groups is 1. The van der Waals surface area contributed by atoms with Crippen LogP contribution in [0.2, 0.25) is 0 Å². The van der Waals surface area contributed by atoms with Gasteiger partial charge in [-0.15, -0.1) is 10.2 Å². The number of ether oxygens (including phenoxy) is 2. The van der Waals surface area contributed by atoms with E-state index in [0.717, 1.165) is 22.1 Å². The second-order valence-electron chi connectivity index (χ2n) is 6.36. The van der Waals surface area contributed by atoms with Gasteiger partial charge in [0, 0.05) is 11.1 Å². The topological polar surface area (TPSA) is 78.6 Å². The molecule has 0 saturated carbocycles. The number of aromatic nitrogens is 4. The molecule has 30 heavy (non-hydrogen) atoms. The molecule has 0 aliphatic carbocycles. The van der Waals surface area contributed by atoms with Gasteiger partial charge in [0.1, 0.15) is 16.5 Å². The lowest BCUT2D eigenvalue weighted by Gasteiger charge is -2.05. The molecule has 0 spiro atoms. The number of Topliss-reactive ketones (excluding diaryl/α,β-unsaturated/α-hetero) is 1. The van der Waals surface area contributed by atoms with E-state index in [-0.39, 0.29) is 11.5 Å². The predicted octanol–water partition coefficient (Wildman–Crippen LogP) is 4.17. The van der Waals surface area contributed by atoms with Gasteiger partial charge in [0.25, 0.3) is 0 Å². The van der Waals surface area contributed by atoms with E-state index in [4.69, 9.17) is 9.47 Å². The molecule has 7 nitrogen and oxygen atoms in total. The second kappa shape index (κ2) is 8.96. The van der Waals surface area contributed by atoms with Crippen LogP contribution in [-0.2, 0) is 0 Å². The highest BCUT2D eigenvalue weighted by Gasteiger charge is 2.12. The quantitative estimate of drug-likeness (QED) is 0.313. The maximum Gasteiger partial charge on any atom is 0.185 e. The lowest BCUT2D eigenvalue weighted by Crippen LogP contribution is -2.03. The summed E-state index contributed by atoms with van der Waals surface area (Å²) in [5.74, 6) is 2.47. The molecular formula is C22H20N4O3S. The minimum atomic E-state index is 0.0278. The van der Waals surface area contributed by atoms with Crippen LogP contribution in [0.15, 0.2) is 65.7 Å². The third-order valence-electron chi connectivity index (χ3n) is 4.43. The molecule has 0 aliphatic rings. The van der Waals surface area contributed by atoms with Crippen molar-refractivity contribution >= 4 is 23.2 Å². The summed E-state index contributed by atoms with van der Waals surface area (Å²) in [7, 11) is 1.60. The maximum atomic E-state index is 12.5. The number of ketones is 1. The molecule has 0 radical (unpaired) electrons. The van der Waals surface area contributed by atoms with E-state index in [1.54, 1.807) is 35.9 Å². The van der Waals surface area contributed by atoms with Gasteiger partial charge >= 0.3 is 0 Å². The molecule has 0 amide bonds. The molecule has 4 aromatic rings. The summed E-state index contributed by atoms with van der Waals surface area (Å²) in [4.78, 5) is 12.5. The van der Waals surface area contributed by atoms with Crippen molar-refractivity contribution in [2.24, 2.45) is 0 Å². The molecule has 2 aromatic heterocycles. The number of hydrogen-bond donors (Lipinski definition) is 0. The first-order valence-corrected chi connectivity index (χ1v) is 10.4. The predicted molar refractivity (Wildman–Crippen MR) is 115 cm³/mol. The number of thioether (sulfide) groups is 1. The van der Waals surface area contributed by atoms with E-state index in [9.17, 15) is 4.79 Å². The van der Waals surface area contributed by atoms with Crippen LogP contribution >= 0.6 is 11.8 Å². The van der Waals surface area contributed by atoms with Crippen molar-refractivity contribution in [2.75, 3.05) is 19.5 Å². The third-order valence-corrected chi connectivity index (χ3v) is 5.35. The van der Waals surface area contributed by atoms with E-state index < -0.39 is 0 Å². The number of carbonyl (C=O) groups excluding carboxylic acids is 1. The normalized spacial score (nSPS) is 10.9. The van der Waals surface area contributed by atoms with Gasteiger partial charge in [0.2, 0.25) is 0 Å². The Balaban J connectivity index is 1.51. The SMILES string of the molecule is CCOc1ccc(-c2nnc3ccc(SCC(=O)c4ccc(OC)cc4)nn23)cc1. The molecule has 0 fully saturated rings. The summed E-state index contributed by atoms with van der Waals surface area (Å²) >= 11 is 1.38. The van der Waals surface area contributed by atoms with E-state index in [1.165, 1.54) is 11.8 Å². The van der Waals surface area contributed by atoms with Crippen molar-refractivity contribution in [1.29, 1.82) is 0 Å². The Morgan fingerprint density at radius 2 is 1.70 bits per heavy atom. The van der Waals surface area contributed by atoms with Gasteiger partial charge in [-0.25, -0.2) is 0 Å². The van der Waals surface area contributed by atoms with Gasteiger partial charge in [0.15, 0.2) is 17.3 Å². The highest BCUT2D eigenvalue weighted by Crippen LogP contribution is 2.23. The average molecular weight is 420 g/mol. The molecule has 0 aliphatic heterocycles. The molecule has 152 valence electrons. The standard InChI is InChI=1S/C22H20N4O3S/c1-3-29-18-10-6-16(7-11-18)22-24-23-20-12-13-21(25-26(20)22)30-14-19(27)15-4-8-17(28-2)9-5-15/h4-13H,3,14H2,1-2H3. The highest BCUT2D eigenvalue weighted by molar-refractivity contribution is 7.99. The monoisotopic (exact) mass is 420 g/mol. The fourth-order valence-corrected chi connectivity index (χ4v) is 3.64. The second-order valence-corrected chi connectivity index (χ2v) is 7.36. The van der Waals surface area contributed by atoms with E-state index in [2.05, 4.69) is 15.3 Å². The van der Waals surface area contributed by atoms with Crippen LogP contribution in [0.4, 0.5) is 0 Å². The number of hydrogen-bond acceptors (Lipinski definition) is 7. The van der Waals surface area contributed by atoms with Crippen LogP contribution in [0.5, 0.6) is 11.5 Å². The lowest BCUT2D eigenvalue weighted by atomic mass is 10.1. The summed E-state index contributed by atoms with van der Waals surface area (Å²) < 4.78 is 12.3. The third kappa shape index (κ3) is 4.28. The minimum absolute atomic E-state index is 0.0278. The fourth-order valence-electron chi connectivity index (χ4n) is 2.90. The molecular weight excluding hydrogens is 400 g/mol. The van der Waals surface area contributed by atoms with Crippen LogP contribution < -0.4 is 9.47 Å². The fraction of sp³-hybridized carbons (Fsp3) is 0.182. The van der Waals surface area contributed by atoms with Gasteiger partial charge in [0.05, 0.1) is 19.5 Å². The summed E-state index contributed by atoms with van der Waals surface area (Å²) in [6.45, 7) is 2.56. The minimum Gasteiger partial charge on any atom is -0.497 e. The first kappa shape index (κ1) is 19.9. The Hall–Kier alpha value is -3.39. The van der Waals surface area contributed by atoms with Crippen LogP contribution in [0.25, 0.3) is 17.0 Å². The summed E-state index contributed by atoms with van der Waals surface area (Å²) in [6.07, 6.45) is 0. The van der Waals surface area contributed by atoms with Gasteiger partial charge in [-0.2, -0.15) is 9.61 Å². The first-order valence-electron chi connectivity index (χ1n) is 9.43.